The number of esters is 1. The van der Waals surface area contributed by atoms with Gasteiger partial charge < -0.3 is 19.4 Å². The number of para-hydroxylation sites is 1. The molecule has 2 aromatic carbocycles. The van der Waals surface area contributed by atoms with E-state index in [4.69, 9.17) is 9.47 Å². The minimum atomic E-state index is -0.522. The Bertz CT molecular complexity index is 1140. The predicted molar refractivity (Wildman–Crippen MR) is 114 cm³/mol. The Balaban J connectivity index is 1.88. The number of rotatable bonds is 7. The quantitative estimate of drug-likeness (QED) is 0.368. The summed E-state index contributed by atoms with van der Waals surface area (Å²) < 4.78 is 11.9. The van der Waals surface area contributed by atoms with Crippen LogP contribution in [0.5, 0.6) is 5.75 Å². The standard InChI is InChI=1S/C23H21N3O4/c1-3-30-19-10-8-18(9-11-19)25-23(28)16(13-24)12-17-14-26(15-22(27)29-2)21-7-5-4-6-20(17)21/h4-12,14H,3,15H2,1-2H3,(H,25,28)/b16-12-. The molecule has 0 spiro atoms. The maximum Gasteiger partial charge on any atom is 0.325 e. The van der Waals surface area contributed by atoms with Gasteiger partial charge in [-0.05, 0) is 43.3 Å². The summed E-state index contributed by atoms with van der Waals surface area (Å²) in [6.07, 6.45) is 3.24. The van der Waals surface area contributed by atoms with Gasteiger partial charge in [0.05, 0.1) is 13.7 Å². The van der Waals surface area contributed by atoms with Gasteiger partial charge in [-0.2, -0.15) is 5.26 Å². The largest absolute Gasteiger partial charge is 0.494 e. The molecular weight excluding hydrogens is 382 g/mol. The number of nitrogens with one attached hydrogen (secondary N) is 1. The first-order valence-corrected chi connectivity index (χ1v) is 9.36. The summed E-state index contributed by atoms with van der Waals surface area (Å²) in [5, 5.41) is 13.1. The number of methoxy groups -OCH3 is 1. The number of nitriles is 1. The predicted octanol–water partition coefficient (Wildman–Crippen LogP) is 3.76. The molecule has 0 radical (unpaired) electrons. The normalized spacial score (nSPS) is 11.0. The van der Waals surface area contributed by atoms with E-state index < -0.39 is 5.91 Å². The first-order chi connectivity index (χ1) is 14.5. The van der Waals surface area contributed by atoms with Crippen molar-refractivity contribution in [2.75, 3.05) is 19.0 Å². The van der Waals surface area contributed by atoms with E-state index in [1.807, 2.05) is 37.3 Å². The number of carbonyl (C=O) groups is 2. The number of nitrogens with zero attached hydrogens (tertiary/aromatic N) is 2. The van der Waals surface area contributed by atoms with Crippen molar-refractivity contribution in [1.29, 1.82) is 5.26 Å². The molecule has 30 heavy (non-hydrogen) atoms. The number of hydrogen-bond donors (Lipinski definition) is 1. The Hall–Kier alpha value is -4.05. The second-order valence-corrected chi connectivity index (χ2v) is 6.39. The van der Waals surface area contributed by atoms with Crippen molar-refractivity contribution in [3.63, 3.8) is 0 Å². The van der Waals surface area contributed by atoms with Gasteiger partial charge >= 0.3 is 5.97 Å². The van der Waals surface area contributed by atoms with Crippen LogP contribution in [-0.4, -0.2) is 30.2 Å². The van der Waals surface area contributed by atoms with Crippen LogP contribution in [0.3, 0.4) is 0 Å². The van der Waals surface area contributed by atoms with Gasteiger partial charge in [-0.25, -0.2) is 0 Å². The molecular formula is C23H21N3O4. The van der Waals surface area contributed by atoms with Crippen LogP contribution in [0.25, 0.3) is 17.0 Å². The van der Waals surface area contributed by atoms with Crippen molar-refractivity contribution in [1.82, 2.24) is 4.57 Å². The van der Waals surface area contributed by atoms with Gasteiger partial charge in [0.1, 0.15) is 23.9 Å². The number of benzene rings is 2. The number of amides is 1. The Morgan fingerprint density at radius 2 is 1.90 bits per heavy atom. The summed E-state index contributed by atoms with van der Waals surface area (Å²) in [4.78, 5) is 24.3. The van der Waals surface area contributed by atoms with Crippen LogP contribution in [0.4, 0.5) is 5.69 Å². The third kappa shape index (κ3) is 4.67. The highest BCUT2D eigenvalue weighted by atomic mass is 16.5. The van der Waals surface area contributed by atoms with Crippen LogP contribution in [-0.2, 0) is 20.9 Å². The van der Waals surface area contributed by atoms with Crippen LogP contribution in [0.15, 0.2) is 60.3 Å². The molecule has 0 saturated carbocycles. The van der Waals surface area contributed by atoms with Crippen LogP contribution in [0.1, 0.15) is 12.5 Å². The molecule has 1 N–H and O–H groups in total. The Morgan fingerprint density at radius 1 is 1.17 bits per heavy atom. The minimum Gasteiger partial charge on any atom is -0.494 e. The van der Waals surface area contributed by atoms with Crippen LogP contribution in [0.2, 0.25) is 0 Å². The van der Waals surface area contributed by atoms with Crippen molar-refractivity contribution in [2.45, 2.75) is 13.5 Å². The van der Waals surface area contributed by atoms with Crippen molar-refractivity contribution in [3.05, 3.63) is 65.9 Å². The lowest BCUT2D eigenvalue weighted by atomic mass is 10.1. The molecule has 1 amide bonds. The highest BCUT2D eigenvalue weighted by Gasteiger charge is 2.14. The van der Waals surface area contributed by atoms with Crippen molar-refractivity contribution in [2.24, 2.45) is 0 Å². The number of hydrogen-bond acceptors (Lipinski definition) is 5. The van der Waals surface area contributed by atoms with E-state index >= 15 is 0 Å². The fraction of sp³-hybridized carbons (Fsp3) is 0.174. The average Bonchev–Trinajstić information content (AvgIpc) is 3.10. The van der Waals surface area contributed by atoms with E-state index in [-0.39, 0.29) is 18.1 Å². The van der Waals surface area contributed by atoms with Crippen molar-refractivity contribution in [3.8, 4) is 11.8 Å². The van der Waals surface area contributed by atoms with Gasteiger partial charge in [-0.15, -0.1) is 0 Å². The van der Waals surface area contributed by atoms with E-state index in [1.54, 1.807) is 35.0 Å². The maximum atomic E-state index is 12.6. The van der Waals surface area contributed by atoms with Crippen molar-refractivity contribution < 1.29 is 19.1 Å². The maximum absolute atomic E-state index is 12.6. The van der Waals surface area contributed by atoms with Gasteiger partial charge in [0.25, 0.3) is 5.91 Å². The highest BCUT2D eigenvalue weighted by Crippen LogP contribution is 2.24. The fourth-order valence-electron chi connectivity index (χ4n) is 3.03. The first-order valence-electron chi connectivity index (χ1n) is 9.36. The summed E-state index contributed by atoms with van der Waals surface area (Å²) in [7, 11) is 1.33. The van der Waals surface area contributed by atoms with Gasteiger partial charge in [0.2, 0.25) is 0 Å². The first kappa shape index (κ1) is 20.7. The van der Waals surface area contributed by atoms with Gasteiger partial charge in [0.15, 0.2) is 0 Å². The van der Waals surface area contributed by atoms with Crippen LogP contribution < -0.4 is 10.1 Å². The molecule has 0 atom stereocenters. The highest BCUT2D eigenvalue weighted by molar-refractivity contribution is 6.10. The molecule has 152 valence electrons. The average molecular weight is 403 g/mol. The molecule has 3 aromatic rings. The molecule has 1 aromatic heterocycles. The fourth-order valence-corrected chi connectivity index (χ4v) is 3.03. The third-order valence-electron chi connectivity index (χ3n) is 4.43. The van der Waals surface area contributed by atoms with E-state index in [0.717, 1.165) is 10.9 Å². The van der Waals surface area contributed by atoms with Gasteiger partial charge in [-0.3, -0.25) is 9.59 Å². The van der Waals surface area contributed by atoms with E-state index in [2.05, 4.69) is 5.32 Å². The molecule has 0 aliphatic heterocycles. The second kappa shape index (κ2) is 9.43. The monoisotopic (exact) mass is 403 g/mol. The third-order valence-corrected chi connectivity index (χ3v) is 4.43. The van der Waals surface area contributed by atoms with E-state index in [9.17, 15) is 14.9 Å². The number of aromatic nitrogens is 1. The molecule has 7 heteroatoms. The van der Waals surface area contributed by atoms with Crippen LogP contribution in [0, 0.1) is 11.3 Å². The number of ether oxygens (including phenoxy) is 2. The minimum absolute atomic E-state index is 0.0329. The lowest BCUT2D eigenvalue weighted by Gasteiger charge is -2.06. The number of fused-ring (bicyclic) bond motifs is 1. The summed E-state index contributed by atoms with van der Waals surface area (Å²) in [6.45, 7) is 2.48. The zero-order chi connectivity index (χ0) is 21.5. The summed E-state index contributed by atoms with van der Waals surface area (Å²) >= 11 is 0. The SMILES string of the molecule is CCOc1ccc(NC(=O)/C(C#N)=C\c2cn(CC(=O)OC)c3ccccc23)cc1. The molecule has 7 nitrogen and oxygen atoms in total. The smallest absolute Gasteiger partial charge is 0.325 e. The lowest BCUT2D eigenvalue weighted by Crippen LogP contribution is -2.13. The van der Waals surface area contributed by atoms with E-state index in [1.165, 1.54) is 13.2 Å². The molecule has 0 fully saturated rings. The zero-order valence-electron chi connectivity index (χ0n) is 16.7. The van der Waals surface area contributed by atoms with Crippen molar-refractivity contribution >= 4 is 34.5 Å². The lowest BCUT2D eigenvalue weighted by molar-refractivity contribution is -0.141. The molecule has 3 rings (SSSR count). The Morgan fingerprint density at radius 3 is 2.57 bits per heavy atom. The zero-order valence-corrected chi connectivity index (χ0v) is 16.7. The number of anilines is 1. The molecule has 0 unspecified atom stereocenters. The Kier molecular flexibility index (Phi) is 6.50. The summed E-state index contributed by atoms with van der Waals surface area (Å²) in [6, 6.07) is 16.3. The van der Waals surface area contributed by atoms with Crippen LogP contribution >= 0.6 is 0 Å². The second-order valence-electron chi connectivity index (χ2n) is 6.39. The van der Waals surface area contributed by atoms with E-state index in [0.29, 0.717) is 23.6 Å². The number of carbonyl (C=O) groups excluding carboxylic acids is 2. The molecule has 0 aliphatic rings. The van der Waals surface area contributed by atoms with Gasteiger partial charge in [0, 0.05) is 28.4 Å². The molecule has 0 aliphatic carbocycles. The topological polar surface area (TPSA) is 93.4 Å². The molecule has 0 bridgehead atoms. The molecule has 0 saturated heterocycles. The Labute approximate surface area is 174 Å². The molecule has 1 heterocycles. The summed E-state index contributed by atoms with van der Waals surface area (Å²) in [5.41, 5.74) is 1.97. The van der Waals surface area contributed by atoms with Gasteiger partial charge in [-0.1, -0.05) is 18.2 Å². The summed E-state index contributed by atoms with van der Waals surface area (Å²) in [5.74, 6) is -0.212.